The molecule has 2 aromatic carbocycles. The Morgan fingerprint density at radius 1 is 0.958 bits per heavy atom. The number of likely N-dealkylation sites (N-methyl/N-ethyl adjacent to an activating group) is 1. The second-order valence-electron chi connectivity index (χ2n) is 5.31. The Bertz CT molecular complexity index is 669. The fourth-order valence-electron chi connectivity index (χ4n) is 2.53. The first kappa shape index (κ1) is 17.6. The van der Waals surface area contributed by atoms with Crippen LogP contribution in [0.5, 0.6) is 11.5 Å². The van der Waals surface area contributed by atoms with Crippen LogP contribution in [-0.2, 0) is 4.79 Å². The van der Waals surface area contributed by atoms with Crippen LogP contribution < -0.4 is 14.4 Å². The second-order valence-corrected chi connectivity index (χ2v) is 5.31. The highest BCUT2D eigenvalue weighted by molar-refractivity contribution is 5.74. The van der Waals surface area contributed by atoms with Gasteiger partial charge in [0.15, 0.2) is 6.10 Å². The molecule has 24 heavy (non-hydrogen) atoms. The molecule has 0 radical (unpaired) electrons. The molecule has 2 unspecified atom stereocenters. The Morgan fingerprint density at radius 2 is 1.42 bits per heavy atom. The van der Waals surface area contributed by atoms with E-state index in [1.807, 2.05) is 12.1 Å². The first-order valence-electron chi connectivity index (χ1n) is 7.39. The van der Waals surface area contributed by atoms with E-state index in [1.54, 1.807) is 62.6 Å². The molecule has 0 heterocycles. The molecule has 2 N–H and O–H groups in total. The van der Waals surface area contributed by atoms with Gasteiger partial charge in [-0.05, 0) is 42.0 Å². The number of anilines is 1. The van der Waals surface area contributed by atoms with Gasteiger partial charge in [0, 0.05) is 12.7 Å². The van der Waals surface area contributed by atoms with Crippen molar-refractivity contribution >= 4 is 11.7 Å². The highest BCUT2D eigenvalue weighted by atomic mass is 16.5. The number of nitrogens with zero attached hydrogens (tertiary/aromatic N) is 1. The van der Waals surface area contributed by atoms with Crippen molar-refractivity contribution in [3.63, 3.8) is 0 Å². The van der Waals surface area contributed by atoms with Crippen molar-refractivity contribution in [3.8, 4) is 11.5 Å². The minimum Gasteiger partial charge on any atom is -0.497 e. The number of ether oxygens (including phenoxy) is 2. The normalized spacial score (nSPS) is 13.0. The molecule has 6 heteroatoms. The van der Waals surface area contributed by atoms with Gasteiger partial charge in [-0.15, -0.1) is 0 Å². The van der Waals surface area contributed by atoms with Crippen LogP contribution in [0.15, 0.2) is 48.5 Å². The Labute approximate surface area is 140 Å². The minimum atomic E-state index is -1.58. The molecule has 0 aliphatic heterocycles. The van der Waals surface area contributed by atoms with E-state index in [-0.39, 0.29) is 0 Å². The van der Waals surface area contributed by atoms with E-state index >= 15 is 0 Å². The molecule has 2 aromatic rings. The highest BCUT2D eigenvalue weighted by Gasteiger charge is 2.31. The SMILES string of the molecule is COc1ccc(C(C(O)C(=O)O)N(C)c2ccc(OC)cc2)cc1. The monoisotopic (exact) mass is 331 g/mol. The Morgan fingerprint density at radius 3 is 1.83 bits per heavy atom. The maximum Gasteiger partial charge on any atom is 0.335 e. The van der Waals surface area contributed by atoms with E-state index in [2.05, 4.69) is 0 Å². The van der Waals surface area contributed by atoms with Crippen molar-refractivity contribution in [2.75, 3.05) is 26.2 Å². The van der Waals surface area contributed by atoms with E-state index < -0.39 is 18.1 Å². The second kappa shape index (κ2) is 7.70. The molecule has 0 saturated carbocycles. The van der Waals surface area contributed by atoms with Gasteiger partial charge in [-0.2, -0.15) is 0 Å². The van der Waals surface area contributed by atoms with Crippen molar-refractivity contribution in [1.82, 2.24) is 0 Å². The molecule has 6 nitrogen and oxygen atoms in total. The lowest BCUT2D eigenvalue weighted by Gasteiger charge is -2.32. The molecular weight excluding hydrogens is 310 g/mol. The number of benzene rings is 2. The smallest absolute Gasteiger partial charge is 0.335 e. The van der Waals surface area contributed by atoms with Crippen LogP contribution in [0.25, 0.3) is 0 Å². The Hall–Kier alpha value is -2.73. The standard InChI is InChI=1S/C18H21NO5/c1-19(13-6-10-15(24-3)11-7-13)16(17(20)18(21)22)12-4-8-14(23-2)9-5-12/h4-11,16-17,20H,1-3H3,(H,21,22). The number of aliphatic hydroxyl groups excluding tert-OH is 1. The molecule has 0 amide bonds. The average Bonchev–Trinajstić information content (AvgIpc) is 2.62. The van der Waals surface area contributed by atoms with E-state index in [1.165, 1.54) is 0 Å². The van der Waals surface area contributed by atoms with Gasteiger partial charge in [0.25, 0.3) is 0 Å². The number of hydrogen-bond donors (Lipinski definition) is 2. The maximum atomic E-state index is 11.4. The molecule has 0 aliphatic rings. The third-order valence-corrected chi connectivity index (χ3v) is 3.91. The predicted octanol–water partition coefficient (Wildman–Crippen LogP) is 2.33. The number of aliphatic hydroxyl groups is 1. The first-order chi connectivity index (χ1) is 11.5. The van der Waals surface area contributed by atoms with Crippen LogP contribution in [0.3, 0.4) is 0 Å². The van der Waals surface area contributed by atoms with Gasteiger partial charge in [-0.3, -0.25) is 0 Å². The van der Waals surface area contributed by atoms with Crippen molar-refractivity contribution in [2.45, 2.75) is 12.1 Å². The van der Waals surface area contributed by atoms with Crippen molar-refractivity contribution in [1.29, 1.82) is 0 Å². The molecule has 2 atom stereocenters. The molecule has 128 valence electrons. The zero-order valence-electron chi connectivity index (χ0n) is 13.8. The summed E-state index contributed by atoms with van der Waals surface area (Å²) >= 11 is 0. The summed E-state index contributed by atoms with van der Waals surface area (Å²) in [5.41, 5.74) is 1.43. The van der Waals surface area contributed by atoms with Gasteiger partial charge in [0.1, 0.15) is 11.5 Å². The summed E-state index contributed by atoms with van der Waals surface area (Å²) in [5, 5.41) is 19.5. The van der Waals surface area contributed by atoms with Crippen LogP contribution in [0, 0.1) is 0 Å². The average molecular weight is 331 g/mol. The minimum absolute atomic E-state index is 0.661. The molecule has 2 rings (SSSR count). The van der Waals surface area contributed by atoms with Crippen LogP contribution in [0.2, 0.25) is 0 Å². The largest absolute Gasteiger partial charge is 0.497 e. The molecular formula is C18H21NO5. The summed E-state index contributed by atoms with van der Waals surface area (Å²) in [6, 6.07) is 13.4. The van der Waals surface area contributed by atoms with E-state index in [0.717, 1.165) is 5.69 Å². The lowest BCUT2D eigenvalue weighted by molar-refractivity contribution is -0.147. The number of hydrogen-bond acceptors (Lipinski definition) is 5. The number of aliphatic carboxylic acids is 1. The summed E-state index contributed by atoms with van der Waals surface area (Å²) in [5.74, 6) is 0.0810. The van der Waals surface area contributed by atoms with Gasteiger partial charge < -0.3 is 24.6 Å². The fraction of sp³-hybridized carbons (Fsp3) is 0.278. The third-order valence-electron chi connectivity index (χ3n) is 3.91. The Kier molecular flexibility index (Phi) is 5.65. The van der Waals surface area contributed by atoms with Crippen LogP contribution >= 0.6 is 0 Å². The number of carbonyl (C=O) groups is 1. The Balaban J connectivity index is 2.38. The molecule has 0 spiro atoms. The zero-order chi connectivity index (χ0) is 17.7. The van der Waals surface area contributed by atoms with Crippen molar-refractivity contribution in [3.05, 3.63) is 54.1 Å². The third kappa shape index (κ3) is 3.78. The molecule has 0 aliphatic carbocycles. The summed E-state index contributed by atoms with van der Waals surface area (Å²) in [7, 11) is 4.87. The van der Waals surface area contributed by atoms with Gasteiger partial charge in [-0.1, -0.05) is 12.1 Å². The summed E-state index contributed by atoms with van der Waals surface area (Å²) in [6.07, 6.45) is -1.58. The van der Waals surface area contributed by atoms with Gasteiger partial charge >= 0.3 is 5.97 Å². The van der Waals surface area contributed by atoms with Crippen molar-refractivity contribution < 1.29 is 24.5 Å². The summed E-state index contributed by atoms with van der Waals surface area (Å²) in [4.78, 5) is 13.1. The number of carboxylic acids is 1. The fourth-order valence-corrected chi connectivity index (χ4v) is 2.53. The lowest BCUT2D eigenvalue weighted by Crippen LogP contribution is -2.38. The zero-order valence-corrected chi connectivity index (χ0v) is 13.8. The molecule has 0 saturated heterocycles. The van der Waals surface area contributed by atoms with E-state index in [4.69, 9.17) is 9.47 Å². The summed E-state index contributed by atoms with van der Waals surface area (Å²) < 4.78 is 10.3. The first-order valence-corrected chi connectivity index (χ1v) is 7.39. The van der Waals surface area contributed by atoms with E-state index in [0.29, 0.717) is 17.1 Å². The van der Waals surface area contributed by atoms with Crippen LogP contribution in [0.4, 0.5) is 5.69 Å². The topological polar surface area (TPSA) is 79.2 Å². The van der Waals surface area contributed by atoms with Gasteiger partial charge in [0.2, 0.25) is 0 Å². The van der Waals surface area contributed by atoms with E-state index in [9.17, 15) is 15.0 Å². The van der Waals surface area contributed by atoms with Crippen LogP contribution in [-0.4, -0.2) is 43.6 Å². The number of methoxy groups -OCH3 is 2. The van der Waals surface area contributed by atoms with Gasteiger partial charge in [0.05, 0.1) is 20.3 Å². The summed E-state index contributed by atoms with van der Waals surface area (Å²) in [6.45, 7) is 0. The van der Waals surface area contributed by atoms with Gasteiger partial charge in [-0.25, -0.2) is 4.79 Å². The molecule has 0 aromatic heterocycles. The number of carboxylic acid groups (broad SMARTS) is 1. The molecule has 0 bridgehead atoms. The quantitative estimate of drug-likeness (QED) is 0.811. The predicted molar refractivity (Wildman–Crippen MR) is 90.8 cm³/mol. The number of rotatable bonds is 7. The lowest BCUT2D eigenvalue weighted by atomic mass is 9.99. The highest BCUT2D eigenvalue weighted by Crippen LogP contribution is 2.30. The van der Waals surface area contributed by atoms with Crippen molar-refractivity contribution in [2.24, 2.45) is 0 Å². The molecule has 0 fully saturated rings. The maximum absolute atomic E-state index is 11.4. The van der Waals surface area contributed by atoms with Crippen LogP contribution in [0.1, 0.15) is 11.6 Å².